The van der Waals surface area contributed by atoms with Gasteiger partial charge in [0, 0.05) is 0 Å². The fraction of sp³-hybridized carbons (Fsp3) is 0.714. The van der Waals surface area contributed by atoms with Crippen LogP contribution in [0.2, 0.25) is 0 Å². The molecule has 0 heterocycles. The van der Waals surface area contributed by atoms with E-state index in [1.54, 1.807) is 0 Å². The molecule has 0 aromatic heterocycles. The fourth-order valence-corrected chi connectivity index (χ4v) is 0.683. The highest BCUT2D eigenvalue weighted by molar-refractivity contribution is 5.74. The molecule has 0 bridgehead atoms. The third-order valence-electron chi connectivity index (χ3n) is 1.20. The minimum absolute atomic E-state index is 0.0938. The quantitative estimate of drug-likeness (QED) is 0.574. The molecule has 0 rings (SSSR count). The van der Waals surface area contributed by atoms with Crippen LogP contribution in [0, 0.1) is 11.3 Å². The molecular weight excluding hydrogens is 142 g/mol. The molecule has 0 saturated carbocycles. The topological polar surface area (TPSA) is 78.9 Å². The van der Waals surface area contributed by atoms with E-state index in [2.05, 4.69) is 5.32 Å². The molecule has 62 valence electrons. The summed E-state index contributed by atoms with van der Waals surface area (Å²) in [5.74, 6) is -0.444. The number of amides is 1. The maximum Gasteiger partial charge on any atom is 0.220 e. The van der Waals surface area contributed by atoms with E-state index < -0.39 is 11.9 Å². The van der Waals surface area contributed by atoms with Gasteiger partial charge in [0.25, 0.3) is 0 Å². The van der Waals surface area contributed by atoms with Gasteiger partial charge in [0.2, 0.25) is 5.91 Å². The van der Waals surface area contributed by atoms with Crippen LogP contribution < -0.4 is 11.1 Å². The van der Waals surface area contributed by atoms with E-state index in [4.69, 9.17) is 11.0 Å². The van der Waals surface area contributed by atoms with Crippen LogP contribution in [0.5, 0.6) is 0 Å². The Kier molecular flexibility index (Phi) is 5.13. The molecule has 1 atom stereocenters. The number of carbonyl (C=O) groups is 1. The average molecular weight is 155 g/mol. The van der Waals surface area contributed by atoms with Crippen LogP contribution in [0.1, 0.15) is 19.8 Å². The van der Waals surface area contributed by atoms with E-state index in [9.17, 15) is 4.79 Å². The lowest BCUT2D eigenvalue weighted by Gasteiger charge is -2.06. The number of nitrogens with zero attached hydrogens (tertiary/aromatic N) is 1. The summed E-state index contributed by atoms with van der Waals surface area (Å²) in [7, 11) is 0. The molecule has 4 heteroatoms. The predicted molar refractivity (Wildman–Crippen MR) is 41.5 cm³/mol. The van der Waals surface area contributed by atoms with Crippen molar-refractivity contribution in [2.45, 2.75) is 25.8 Å². The SMILES string of the molecule is CCCNC(C#N)CC(N)=O. The number of nitrogens with one attached hydrogen (secondary N) is 1. The van der Waals surface area contributed by atoms with Crippen molar-refractivity contribution in [2.24, 2.45) is 5.73 Å². The maximum absolute atomic E-state index is 10.4. The van der Waals surface area contributed by atoms with Gasteiger partial charge in [-0.15, -0.1) is 0 Å². The number of carbonyl (C=O) groups excluding carboxylic acids is 1. The normalized spacial score (nSPS) is 12.0. The number of hydrogen-bond donors (Lipinski definition) is 2. The molecule has 0 saturated heterocycles. The Hall–Kier alpha value is -1.08. The van der Waals surface area contributed by atoms with E-state index in [0.717, 1.165) is 13.0 Å². The summed E-state index contributed by atoms with van der Waals surface area (Å²) in [6, 6.07) is 1.53. The van der Waals surface area contributed by atoms with Crippen molar-refractivity contribution >= 4 is 5.91 Å². The molecule has 0 aliphatic carbocycles. The Morgan fingerprint density at radius 1 is 1.82 bits per heavy atom. The van der Waals surface area contributed by atoms with E-state index in [1.165, 1.54) is 0 Å². The smallest absolute Gasteiger partial charge is 0.220 e. The summed E-state index contributed by atoms with van der Waals surface area (Å²) < 4.78 is 0. The Labute approximate surface area is 66.4 Å². The number of hydrogen-bond acceptors (Lipinski definition) is 3. The van der Waals surface area contributed by atoms with Crippen molar-refractivity contribution in [3.63, 3.8) is 0 Å². The number of rotatable bonds is 5. The van der Waals surface area contributed by atoms with Gasteiger partial charge in [0.05, 0.1) is 12.5 Å². The first kappa shape index (κ1) is 9.92. The predicted octanol–water partition coefficient (Wildman–Crippen LogP) is -0.246. The first-order valence-electron chi connectivity index (χ1n) is 3.62. The highest BCUT2D eigenvalue weighted by atomic mass is 16.1. The molecule has 3 N–H and O–H groups in total. The van der Waals surface area contributed by atoms with Crippen molar-refractivity contribution in [3.05, 3.63) is 0 Å². The lowest BCUT2D eigenvalue weighted by atomic mass is 10.2. The number of nitrogens with two attached hydrogens (primary N) is 1. The van der Waals surface area contributed by atoms with Crippen molar-refractivity contribution in [3.8, 4) is 6.07 Å². The first-order valence-corrected chi connectivity index (χ1v) is 3.62. The summed E-state index contributed by atoms with van der Waals surface area (Å²) >= 11 is 0. The molecule has 11 heavy (non-hydrogen) atoms. The molecule has 0 aromatic rings. The van der Waals surface area contributed by atoms with Crippen LogP contribution in [0.25, 0.3) is 0 Å². The molecule has 4 nitrogen and oxygen atoms in total. The number of primary amides is 1. The van der Waals surface area contributed by atoms with Gasteiger partial charge in [-0.1, -0.05) is 6.92 Å². The zero-order valence-corrected chi connectivity index (χ0v) is 6.63. The van der Waals surface area contributed by atoms with E-state index in [0.29, 0.717) is 0 Å². The van der Waals surface area contributed by atoms with Gasteiger partial charge >= 0.3 is 0 Å². The van der Waals surface area contributed by atoms with Gasteiger partial charge in [0.1, 0.15) is 6.04 Å². The van der Waals surface area contributed by atoms with Crippen LogP contribution in [0.3, 0.4) is 0 Å². The zero-order chi connectivity index (χ0) is 8.69. The zero-order valence-electron chi connectivity index (χ0n) is 6.63. The van der Waals surface area contributed by atoms with Crippen LogP contribution in [0.15, 0.2) is 0 Å². The second-order valence-electron chi connectivity index (χ2n) is 2.31. The molecule has 1 unspecified atom stereocenters. The van der Waals surface area contributed by atoms with Crippen molar-refractivity contribution < 1.29 is 4.79 Å². The van der Waals surface area contributed by atoms with Crippen molar-refractivity contribution in [2.75, 3.05) is 6.54 Å². The average Bonchev–Trinajstić information content (AvgIpc) is 1.97. The number of nitriles is 1. The van der Waals surface area contributed by atoms with Gasteiger partial charge in [-0.2, -0.15) is 5.26 Å². The summed E-state index contributed by atoms with van der Waals surface area (Å²) in [4.78, 5) is 10.4. The Morgan fingerprint density at radius 2 is 2.45 bits per heavy atom. The Bertz CT molecular complexity index is 162. The second-order valence-corrected chi connectivity index (χ2v) is 2.31. The standard InChI is InChI=1S/C7H13N3O/c1-2-3-10-6(5-8)4-7(9)11/h6,10H,2-4H2,1H3,(H2,9,11). The highest BCUT2D eigenvalue weighted by Gasteiger charge is 2.08. The third kappa shape index (κ3) is 5.37. The molecular formula is C7H13N3O. The minimum Gasteiger partial charge on any atom is -0.370 e. The molecule has 0 aromatic carbocycles. The van der Waals surface area contributed by atoms with Crippen LogP contribution in [-0.2, 0) is 4.79 Å². The van der Waals surface area contributed by atoms with Crippen LogP contribution in [0.4, 0.5) is 0 Å². The fourth-order valence-electron chi connectivity index (χ4n) is 0.683. The highest BCUT2D eigenvalue weighted by Crippen LogP contribution is 1.88. The summed E-state index contributed by atoms with van der Waals surface area (Å²) in [6.07, 6.45) is 1.04. The van der Waals surface area contributed by atoms with E-state index >= 15 is 0 Å². The first-order chi connectivity index (χ1) is 5.20. The van der Waals surface area contributed by atoms with Gasteiger partial charge in [-0.25, -0.2) is 0 Å². The minimum atomic E-state index is -0.444. The Morgan fingerprint density at radius 3 is 2.82 bits per heavy atom. The summed E-state index contributed by atoms with van der Waals surface area (Å²) in [6.45, 7) is 2.73. The van der Waals surface area contributed by atoms with Crippen molar-refractivity contribution in [1.29, 1.82) is 5.26 Å². The lowest BCUT2D eigenvalue weighted by molar-refractivity contribution is -0.118. The van der Waals surface area contributed by atoms with Gasteiger partial charge < -0.3 is 11.1 Å². The second kappa shape index (κ2) is 5.69. The summed E-state index contributed by atoms with van der Waals surface area (Å²) in [5.41, 5.74) is 4.91. The van der Waals surface area contributed by atoms with Gasteiger partial charge in [0.15, 0.2) is 0 Å². The monoisotopic (exact) mass is 155 g/mol. The molecule has 0 aliphatic rings. The molecule has 0 radical (unpaired) electrons. The van der Waals surface area contributed by atoms with Crippen LogP contribution in [-0.4, -0.2) is 18.5 Å². The van der Waals surface area contributed by atoms with E-state index in [1.807, 2.05) is 13.0 Å². The third-order valence-corrected chi connectivity index (χ3v) is 1.20. The van der Waals surface area contributed by atoms with Gasteiger partial charge in [-0.3, -0.25) is 4.79 Å². The van der Waals surface area contributed by atoms with E-state index in [-0.39, 0.29) is 6.42 Å². The molecule has 0 spiro atoms. The Balaban J connectivity index is 3.60. The molecule has 1 amide bonds. The largest absolute Gasteiger partial charge is 0.370 e. The van der Waals surface area contributed by atoms with Gasteiger partial charge in [-0.05, 0) is 13.0 Å². The molecule has 0 fully saturated rings. The molecule has 0 aliphatic heterocycles. The maximum atomic E-state index is 10.4. The summed E-state index contributed by atoms with van der Waals surface area (Å²) in [5, 5.41) is 11.4. The lowest BCUT2D eigenvalue weighted by Crippen LogP contribution is -2.32. The van der Waals surface area contributed by atoms with Crippen LogP contribution >= 0.6 is 0 Å². The van der Waals surface area contributed by atoms with Crippen molar-refractivity contribution in [1.82, 2.24) is 5.32 Å².